The largest absolute Gasteiger partial charge is 0.489 e. The third-order valence-electron chi connectivity index (χ3n) is 2.09. The van der Waals surface area contributed by atoms with Gasteiger partial charge in [-0.25, -0.2) is 9.78 Å². The Labute approximate surface area is 91.7 Å². The lowest BCUT2D eigenvalue weighted by Gasteiger charge is -2.10. The molecule has 0 radical (unpaired) electrons. The maximum absolute atomic E-state index is 10.9. The minimum Gasteiger partial charge on any atom is -0.489 e. The Hall–Kier alpha value is -1.23. The Morgan fingerprint density at radius 1 is 1.67 bits per heavy atom. The smallest absolute Gasteiger partial charge is 0.355 e. The zero-order valence-electron chi connectivity index (χ0n) is 8.27. The van der Waals surface area contributed by atoms with Gasteiger partial charge in [-0.15, -0.1) is 11.8 Å². The van der Waals surface area contributed by atoms with Crippen LogP contribution in [0.5, 0.6) is 5.75 Å². The fraction of sp³-hybridized carbons (Fsp3) is 0.400. The minimum atomic E-state index is -1.01. The maximum Gasteiger partial charge on any atom is 0.355 e. The Bertz CT molecular complexity index is 390. The van der Waals surface area contributed by atoms with Crippen molar-refractivity contribution in [2.45, 2.75) is 23.8 Å². The second-order valence-corrected chi connectivity index (χ2v) is 4.13. The van der Waals surface area contributed by atoms with Gasteiger partial charge in [0, 0.05) is 6.20 Å². The molecule has 0 spiro atoms. The van der Waals surface area contributed by atoms with Gasteiger partial charge in [0.15, 0.2) is 5.69 Å². The van der Waals surface area contributed by atoms with E-state index in [0.29, 0.717) is 10.6 Å². The standard InChI is InChI=1S/C10H11NO3S/c1-15-9-7(14-6-2-3-6)4-5-11-8(9)10(12)13/h4-6H,2-3H2,1H3,(H,12,13). The van der Waals surface area contributed by atoms with Crippen LogP contribution in [-0.2, 0) is 0 Å². The highest BCUT2D eigenvalue weighted by molar-refractivity contribution is 7.98. The van der Waals surface area contributed by atoms with E-state index >= 15 is 0 Å². The first-order chi connectivity index (χ1) is 7.22. The van der Waals surface area contributed by atoms with Crippen molar-refractivity contribution in [3.05, 3.63) is 18.0 Å². The number of thioether (sulfide) groups is 1. The van der Waals surface area contributed by atoms with Crippen LogP contribution >= 0.6 is 11.8 Å². The van der Waals surface area contributed by atoms with E-state index in [9.17, 15) is 4.79 Å². The number of hydrogen-bond donors (Lipinski definition) is 1. The monoisotopic (exact) mass is 225 g/mol. The Kier molecular flexibility index (Phi) is 2.81. The van der Waals surface area contributed by atoms with Gasteiger partial charge in [0.25, 0.3) is 0 Å². The van der Waals surface area contributed by atoms with Crippen molar-refractivity contribution >= 4 is 17.7 Å². The first kappa shape index (κ1) is 10.3. The van der Waals surface area contributed by atoms with Crippen LogP contribution in [-0.4, -0.2) is 28.4 Å². The van der Waals surface area contributed by atoms with Crippen molar-refractivity contribution in [2.24, 2.45) is 0 Å². The molecule has 0 bridgehead atoms. The summed E-state index contributed by atoms with van der Waals surface area (Å²) < 4.78 is 5.61. The van der Waals surface area contributed by atoms with Gasteiger partial charge < -0.3 is 9.84 Å². The molecule has 1 fully saturated rings. The SMILES string of the molecule is CSc1c(OC2CC2)ccnc1C(=O)O. The van der Waals surface area contributed by atoms with Gasteiger partial charge >= 0.3 is 5.97 Å². The molecule has 0 atom stereocenters. The highest BCUT2D eigenvalue weighted by atomic mass is 32.2. The summed E-state index contributed by atoms with van der Waals surface area (Å²) in [5, 5.41) is 8.94. The normalized spacial score (nSPS) is 15.0. The molecule has 2 rings (SSSR count). The van der Waals surface area contributed by atoms with Gasteiger partial charge in [0.05, 0.1) is 11.0 Å². The van der Waals surface area contributed by atoms with Gasteiger partial charge in [0.1, 0.15) is 5.75 Å². The molecule has 1 aromatic heterocycles. The number of aromatic nitrogens is 1. The molecule has 1 aromatic rings. The number of pyridine rings is 1. The lowest BCUT2D eigenvalue weighted by Crippen LogP contribution is -2.05. The quantitative estimate of drug-likeness (QED) is 0.794. The van der Waals surface area contributed by atoms with E-state index in [-0.39, 0.29) is 11.8 Å². The molecule has 15 heavy (non-hydrogen) atoms. The zero-order valence-corrected chi connectivity index (χ0v) is 9.08. The van der Waals surface area contributed by atoms with E-state index in [0.717, 1.165) is 12.8 Å². The van der Waals surface area contributed by atoms with E-state index in [1.807, 2.05) is 6.26 Å². The van der Waals surface area contributed by atoms with Crippen LogP contribution < -0.4 is 4.74 Å². The molecule has 0 saturated heterocycles. The highest BCUT2D eigenvalue weighted by Gasteiger charge is 2.26. The molecule has 1 heterocycles. The van der Waals surface area contributed by atoms with Gasteiger partial charge in [-0.3, -0.25) is 0 Å². The summed E-state index contributed by atoms with van der Waals surface area (Å²) >= 11 is 1.35. The molecule has 1 aliphatic carbocycles. The molecule has 5 heteroatoms. The van der Waals surface area contributed by atoms with Crippen LogP contribution in [0.25, 0.3) is 0 Å². The van der Waals surface area contributed by atoms with Gasteiger partial charge in [-0.05, 0) is 25.2 Å². The molecule has 0 unspecified atom stereocenters. The first-order valence-electron chi connectivity index (χ1n) is 4.65. The Morgan fingerprint density at radius 2 is 2.40 bits per heavy atom. The van der Waals surface area contributed by atoms with E-state index < -0.39 is 5.97 Å². The second-order valence-electron chi connectivity index (χ2n) is 3.31. The average molecular weight is 225 g/mol. The molecule has 0 aliphatic heterocycles. The maximum atomic E-state index is 10.9. The van der Waals surface area contributed by atoms with Crippen molar-refractivity contribution in [1.82, 2.24) is 4.98 Å². The third kappa shape index (κ3) is 2.23. The van der Waals surface area contributed by atoms with Crippen LogP contribution in [0.15, 0.2) is 17.2 Å². The number of aromatic carboxylic acids is 1. The summed E-state index contributed by atoms with van der Waals surface area (Å²) in [5.41, 5.74) is 0.0700. The molecular weight excluding hydrogens is 214 g/mol. The van der Waals surface area contributed by atoms with Crippen molar-refractivity contribution in [3.8, 4) is 5.75 Å². The molecule has 0 aromatic carbocycles. The van der Waals surface area contributed by atoms with Crippen LogP contribution in [0.3, 0.4) is 0 Å². The van der Waals surface area contributed by atoms with Gasteiger partial charge in [-0.1, -0.05) is 0 Å². The fourth-order valence-corrected chi connectivity index (χ4v) is 1.89. The number of ether oxygens (including phenoxy) is 1. The summed E-state index contributed by atoms with van der Waals surface area (Å²) in [6.07, 6.45) is 5.67. The van der Waals surface area contributed by atoms with Crippen molar-refractivity contribution < 1.29 is 14.6 Å². The zero-order chi connectivity index (χ0) is 10.8. The Balaban J connectivity index is 2.34. The first-order valence-corrected chi connectivity index (χ1v) is 5.87. The number of rotatable bonds is 4. The predicted octanol–water partition coefficient (Wildman–Crippen LogP) is 2.04. The summed E-state index contributed by atoms with van der Waals surface area (Å²) in [4.78, 5) is 15.3. The highest BCUT2D eigenvalue weighted by Crippen LogP contribution is 2.34. The summed E-state index contributed by atoms with van der Waals surface area (Å²) in [7, 11) is 0. The lowest BCUT2D eigenvalue weighted by atomic mass is 10.3. The number of carboxylic acids is 1. The molecule has 1 saturated carbocycles. The predicted molar refractivity (Wildman–Crippen MR) is 56.6 cm³/mol. The van der Waals surface area contributed by atoms with Crippen molar-refractivity contribution in [3.63, 3.8) is 0 Å². The fourth-order valence-electron chi connectivity index (χ4n) is 1.24. The number of carboxylic acid groups (broad SMARTS) is 1. The molecule has 4 nitrogen and oxygen atoms in total. The number of nitrogens with zero attached hydrogens (tertiary/aromatic N) is 1. The van der Waals surface area contributed by atoms with E-state index in [2.05, 4.69) is 4.98 Å². The topological polar surface area (TPSA) is 59.4 Å². The third-order valence-corrected chi connectivity index (χ3v) is 2.90. The second kappa shape index (κ2) is 4.10. The number of carbonyl (C=O) groups is 1. The van der Waals surface area contributed by atoms with Gasteiger partial charge in [0.2, 0.25) is 0 Å². The van der Waals surface area contributed by atoms with Gasteiger partial charge in [-0.2, -0.15) is 0 Å². The van der Waals surface area contributed by atoms with Crippen molar-refractivity contribution in [1.29, 1.82) is 0 Å². The molecule has 1 aliphatic rings. The molecular formula is C10H11NO3S. The molecule has 80 valence electrons. The average Bonchev–Trinajstić information content (AvgIpc) is 3.01. The number of hydrogen-bond acceptors (Lipinski definition) is 4. The molecule has 1 N–H and O–H groups in total. The van der Waals surface area contributed by atoms with E-state index in [1.165, 1.54) is 18.0 Å². The van der Waals surface area contributed by atoms with Crippen LogP contribution in [0.2, 0.25) is 0 Å². The van der Waals surface area contributed by atoms with Crippen LogP contribution in [0.1, 0.15) is 23.3 Å². The molecule has 0 amide bonds. The summed E-state index contributed by atoms with van der Waals surface area (Å²) in [5.74, 6) is -0.377. The van der Waals surface area contributed by atoms with Crippen LogP contribution in [0, 0.1) is 0 Å². The van der Waals surface area contributed by atoms with Crippen LogP contribution in [0.4, 0.5) is 0 Å². The summed E-state index contributed by atoms with van der Waals surface area (Å²) in [6, 6.07) is 1.72. The minimum absolute atomic E-state index is 0.0700. The van der Waals surface area contributed by atoms with E-state index in [4.69, 9.17) is 9.84 Å². The Morgan fingerprint density at radius 3 is 2.93 bits per heavy atom. The summed E-state index contributed by atoms with van der Waals surface area (Å²) in [6.45, 7) is 0. The van der Waals surface area contributed by atoms with E-state index in [1.54, 1.807) is 6.07 Å². The lowest BCUT2D eigenvalue weighted by molar-refractivity contribution is 0.0685. The van der Waals surface area contributed by atoms with Crippen molar-refractivity contribution in [2.75, 3.05) is 6.26 Å².